The smallest absolute Gasteiger partial charge is 0.256 e. The Morgan fingerprint density at radius 2 is 1.67 bits per heavy atom. The Balaban J connectivity index is 1.39. The van der Waals surface area contributed by atoms with E-state index in [0.717, 1.165) is 11.6 Å². The highest BCUT2D eigenvalue weighted by atomic mass is 35.5. The topological polar surface area (TPSA) is 79.0 Å². The molecule has 1 spiro atoms. The van der Waals surface area contributed by atoms with Gasteiger partial charge in [-0.15, -0.1) is 0 Å². The van der Waals surface area contributed by atoms with Crippen molar-refractivity contribution in [2.45, 2.75) is 37.6 Å². The normalized spacial score (nSPS) is 19.1. The Morgan fingerprint density at radius 3 is 2.36 bits per heavy atom. The van der Waals surface area contributed by atoms with Crippen molar-refractivity contribution in [2.24, 2.45) is 0 Å². The molecule has 1 N–H and O–H groups in total. The van der Waals surface area contributed by atoms with Crippen LogP contribution in [0.2, 0.25) is 5.02 Å². The Hall–Kier alpha value is -3.75. The molecule has 0 radical (unpaired) electrons. The van der Waals surface area contributed by atoms with Crippen molar-refractivity contribution >= 4 is 29.3 Å². The lowest BCUT2D eigenvalue weighted by atomic mass is 9.96. The standard InChI is InChI=1S/C30H29ClFN3O4/c1-20(21-8-3-2-4-9-21)33-27(36)26-19-39-30(35(26)28(37)22-10-7-11-23(32)18-22)14-16-34(17-15-30)29(38)24-12-5-6-13-25(24)31/h2-13,18,20,26H,14-17,19H2,1H3,(H,33,36). The molecule has 2 aliphatic heterocycles. The van der Waals surface area contributed by atoms with Crippen LogP contribution >= 0.6 is 11.6 Å². The van der Waals surface area contributed by atoms with Crippen molar-refractivity contribution in [3.05, 3.63) is 106 Å². The summed E-state index contributed by atoms with van der Waals surface area (Å²) in [6.07, 6.45) is 0.588. The number of hydrogen-bond acceptors (Lipinski definition) is 4. The highest BCUT2D eigenvalue weighted by molar-refractivity contribution is 6.33. The number of benzene rings is 3. The third-order valence-electron chi connectivity index (χ3n) is 7.45. The zero-order valence-corrected chi connectivity index (χ0v) is 22.2. The molecule has 3 aromatic rings. The second kappa shape index (κ2) is 11.2. The summed E-state index contributed by atoms with van der Waals surface area (Å²) in [5, 5.41) is 3.36. The lowest BCUT2D eigenvalue weighted by Gasteiger charge is -2.44. The average molecular weight is 550 g/mol. The molecule has 0 bridgehead atoms. The summed E-state index contributed by atoms with van der Waals surface area (Å²) < 4.78 is 20.3. The number of carbonyl (C=O) groups is 3. The van der Waals surface area contributed by atoms with Gasteiger partial charge in [0.2, 0.25) is 5.91 Å². The van der Waals surface area contributed by atoms with Crippen LogP contribution in [-0.4, -0.2) is 59.0 Å². The molecule has 0 aliphatic carbocycles. The van der Waals surface area contributed by atoms with Gasteiger partial charge in [0.1, 0.15) is 17.6 Å². The van der Waals surface area contributed by atoms with E-state index >= 15 is 0 Å². The largest absolute Gasteiger partial charge is 0.353 e. The van der Waals surface area contributed by atoms with Crippen LogP contribution in [0, 0.1) is 5.82 Å². The lowest BCUT2D eigenvalue weighted by Crippen LogP contribution is -2.60. The summed E-state index contributed by atoms with van der Waals surface area (Å²) >= 11 is 6.24. The van der Waals surface area contributed by atoms with Gasteiger partial charge in [0.25, 0.3) is 11.8 Å². The Morgan fingerprint density at radius 1 is 0.974 bits per heavy atom. The monoisotopic (exact) mass is 549 g/mol. The van der Waals surface area contributed by atoms with Crippen molar-refractivity contribution in [3.8, 4) is 0 Å². The van der Waals surface area contributed by atoms with E-state index in [1.807, 2.05) is 37.3 Å². The summed E-state index contributed by atoms with van der Waals surface area (Å²) in [5.74, 6) is -1.61. The van der Waals surface area contributed by atoms with Crippen LogP contribution in [0.15, 0.2) is 78.9 Å². The fraction of sp³-hybridized carbons (Fsp3) is 0.300. The Labute approximate surface area is 231 Å². The number of ether oxygens (including phenoxy) is 1. The predicted octanol–water partition coefficient (Wildman–Crippen LogP) is 4.83. The molecule has 2 atom stereocenters. The van der Waals surface area contributed by atoms with E-state index in [4.69, 9.17) is 16.3 Å². The van der Waals surface area contributed by atoms with E-state index < -0.39 is 23.5 Å². The first kappa shape index (κ1) is 26.8. The first-order chi connectivity index (χ1) is 18.8. The van der Waals surface area contributed by atoms with Gasteiger partial charge in [0.05, 0.1) is 23.2 Å². The maximum atomic E-state index is 14.1. The number of hydrogen-bond donors (Lipinski definition) is 1. The molecule has 2 heterocycles. The minimum Gasteiger partial charge on any atom is -0.353 e. The number of likely N-dealkylation sites (tertiary alicyclic amines) is 1. The number of nitrogens with zero attached hydrogens (tertiary/aromatic N) is 2. The summed E-state index contributed by atoms with van der Waals surface area (Å²) in [6, 6.07) is 20.6. The zero-order chi connectivity index (χ0) is 27.6. The number of piperidine rings is 1. The maximum absolute atomic E-state index is 14.1. The van der Waals surface area contributed by atoms with E-state index in [1.165, 1.54) is 23.1 Å². The molecule has 2 saturated heterocycles. The van der Waals surface area contributed by atoms with Crippen LogP contribution in [0.25, 0.3) is 0 Å². The van der Waals surface area contributed by atoms with Crippen LogP contribution in [0.5, 0.6) is 0 Å². The van der Waals surface area contributed by atoms with Crippen molar-refractivity contribution in [3.63, 3.8) is 0 Å². The Kier molecular flexibility index (Phi) is 7.68. The SMILES string of the molecule is CC(NC(=O)C1COC2(CCN(C(=O)c3ccccc3Cl)CC2)N1C(=O)c1cccc(F)c1)c1ccccc1. The van der Waals surface area contributed by atoms with Crippen molar-refractivity contribution < 1.29 is 23.5 Å². The third kappa shape index (κ3) is 5.40. The van der Waals surface area contributed by atoms with E-state index in [9.17, 15) is 18.8 Å². The van der Waals surface area contributed by atoms with Gasteiger partial charge in [0, 0.05) is 31.5 Å². The molecule has 2 aliphatic rings. The van der Waals surface area contributed by atoms with E-state index in [0.29, 0.717) is 36.5 Å². The summed E-state index contributed by atoms with van der Waals surface area (Å²) in [5.41, 5.74) is 0.345. The number of rotatable bonds is 5. The Bertz CT molecular complexity index is 1380. The molecule has 0 aromatic heterocycles. The molecule has 9 heteroatoms. The molecule has 0 saturated carbocycles. The predicted molar refractivity (Wildman–Crippen MR) is 145 cm³/mol. The van der Waals surface area contributed by atoms with E-state index in [-0.39, 0.29) is 30.0 Å². The molecule has 202 valence electrons. The van der Waals surface area contributed by atoms with Crippen LogP contribution in [-0.2, 0) is 9.53 Å². The highest BCUT2D eigenvalue weighted by Gasteiger charge is 2.54. The molecule has 2 unspecified atom stereocenters. The average Bonchev–Trinajstić information content (AvgIpc) is 3.32. The van der Waals surface area contributed by atoms with Gasteiger partial charge in [0.15, 0.2) is 0 Å². The first-order valence-electron chi connectivity index (χ1n) is 12.9. The van der Waals surface area contributed by atoms with E-state index in [2.05, 4.69) is 5.32 Å². The number of nitrogens with one attached hydrogen (secondary N) is 1. The quantitative estimate of drug-likeness (QED) is 0.494. The molecule has 3 aromatic carbocycles. The number of carbonyl (C=O) groups excluding carboxylic acids is 3. The maximum Gasteiger partial charge on any atom is 0.256 e. The molecule has 2 fully saturated rings. The lowest BCUT2D eigenvalue weighted by molar-refractivity contribution is -0.128. The molecular weight excluding hydrogens is 521 g/mol. The summed E-state index contributed by atoms with van der Waals surface area (Å²) in [7, 11) is 0. The molecule has 5 rings (SSSR count). The number of halogens is 2. The fourth-order valence-electron chi connectivity index (χ4n) is 5.33. The van der Waals surface area contributed by atoms with Gasteiger partial charge < -0.3 is 15.0 Å². The van der Waals surface area contributed by atoms with Crippen molar-refractivity contribution in [1.29, 1.82) is 0 Å². The summed E-state index contributed by atoms with van der Waals surface area (Å²) in [6.45, 7) is 2.46. The minimum absolute atomic E-state index is 0.00708. The van der Waals surface area contributed by atoms with Crippen LogP contribution < -0.4 is 5.32 Å². The molecular formula is C30H29ClFN3O4. The third-order valence-corrected chi connectivity index (χ3v) is 7.78. The van der Waals surface area contributed by atoms with Crippen molar-refractivity contribution in [1.82, 2.24) is 15.1 Å². The van der Waals surface area contributed by atoms with Gasteiger partial charge in [-0.05, 0) is 42.8 Å². The van der Waals surface area contributed by atoms with Gasteiger partial charge in [-0.3, -0.25) is 19.3 Å². The molecule has 39 heavy (non-hydrogen) atoms. The van der Waals surface area contributed by atoms with Gasteiger partial charge in [-0.25, -0.2) is 4.39 Å². The second-order valence-electron chi connectivity index (χ2n) is 9.87. The second-order valence-corrected chi connectivity index (χ2v) is 10.3. The van der Waals surface area contributed by atoms with Crippen LogP contribution in [0.3, 0.4) is 0 Å². The zero-order valence-electron chi connectivity index (χ0n) is 21.5. The first-order valence-corrected chi connectivity index (χ1v) is 13.3. The van der Waals surface area contributed by atoms with Crippen molar-refractivity contribution in [2.75, 3.05) is 19.7 Å². The minimum atomic E-state index is -1.11. The highest BCUT2D eigenvalue weighted by Crippen LogP contribution is 2.39. The van der Waals surface area contributed by atoms with Gasteiger partial charge in [-0.2, -0.15) is 0 Å². The van der Waals surface area contributed by atoms with Crippen LogP contribution in [0.4, 0.5) is 4.39 Å². The van der Waals surface area contributed by atoms with Gasteiger partial charge >= 0.3 is 0 Å². The van der Waals surface area contributed by atoms with Gasteiger partial charge in [-0.1, -0.05) is 60.1 Å². The number of amides is 3. The van der Waals surface area contributed by atoms with Crippen LogP contribution in [0.1, 0.15) is 52.1 Å². The van der Waals surface area contributed by atoms with E-state index in [1.54, 1.807) is 29.2 Å². The fourth-order valence-corrected chi connectivity index (χ4v) is 5.54. The molecule has 3 amide bonds. The molecule has 7 nitrogen and oxygen atoms in total. The summed E-state index contributed by atoms with van der Waals surface area (Å²) in [4.78, 5) is 43.6.